The number of fused-ring (bicyclic) bond motifs is 1. The molecule has 6 nitrogen and oxygen atoms in total. The predicted molar refractivity (Wildman–Crippen MR) is 90.6 cm³/mol. The number of amides is 1. The van der Waals surface area contributed by atoms with Crippen molar-refractivity contribution in [3.8, 4) is 0 Å². The molecule has 0 spiro atoms. The van der Waals surface area contributed by atoms with E-state index in [1.807, 2.05) is 42.8 Å². The average Bonchev–Trinajstić information content (AvgIpc) is 2.88. The van der Waals surface area contributed by atoms with Gasteiger partial charge >= 0.3 is 5.97 Å². The number of thioether (sulfide) groups is 1. The number of nitrogens with zero attached hydrogens (tertiary/aromatic N) is 2. The summed E-state index contributed by atoms with van der Waals surface area (Å²) in [5.74, 6) is -0.406. The first-order valence-corrected chi connectivity index (χ1v) is 8.69. The topological polar surface area (TPSA) is 83.7 Å². The van der Waals surface area contributed by atoms with E-state index in [1.165, 1.54) is 11.8 Å². The van der Waals surface area contributed by atoms with Gasteiger partial charge in [0.15, 0.2) is 0 Å². The summed E-state index contributed by atoms with van der Waals surface area (Å²) in [6.45, 7) is 3.91. The summed E-state index contributed by atoms with van der Waals surface area (Å²) in [5.41, 5.74) is 2.94. The van der Waals surface area contributed by atoms with Gasteiger partial charge in [0, 0.05) is 18.1 Å². The Bertz CT molecular complexity index is 699. The van der Waals surface area contributed by atoms with E-state index in [9.17, 15) is 9.59 Å². The number of hydrogen-bond donors (Lipinski definition) is 2. The van der Waals surface area contributed by atoms with Crippen molar-refractivity contribution in [2.24, 2.45) is 0 Å². The Balaban J connectivity index is 1.83. The van der Waals surface area contributed by atoms with Gasteiger partial charge in [-0.15, -0.1) is 11.8 Å². The minimum absolute atomic E-state index is 0.223. The lowest BCUT2D eigenvalue weighted by molar-refractivity contribution is -0.141. The Morgan fingerprint density at radius 1 is 1.39 bits per heavy atom. The van der Waals surface area contributed by atoms with E-state index in [4.69, 9.17) is 5.11 Å². The van der Waals surface area contributed by atoms with Gasteiger partial charge in [0.2, 0.25) is 5.91 Å². The van der Waals surface area contributed by atoms with E-state index in [0.717, 1.165) is 16.9 Å². The molecule has 7 heteroatoms. The molecule has 0 saturated carbocycles. The van der Waals surface area contributed by atoms with Gasteiger partial charge in [0.25, 0.3) is 0 Å². The summed E-state index contributed by atoms with van der Waals surface area (Å²) in [4.78, 5) is 27.3. The predicted octanol–water partition coefficient (Wildman–Crippen LogP) is 2.25. The molecule has 124 valence electrons. The van der Waals surface area contributed by atoms with E-state index < -0.39 is 12.0 Å². The smallest absolute Gasteiger partial charge is 0.326 e. The summed E-state index contributed by atoms with van der Waals surface area (Å²) in [6.07, 6.45) is 5.11. The highest BCUT2D eigenvalue weighted by atomic mass is 32.2. The van der Waals surface area contributed by atoms with Crippen molar-refractivity contribution in [2.45, 2.75) is 38.5 Å². The van der Waals surface area contributed by atoms with E-state index in [2.05, 4.69) is 10.3 Å². The van der Waals surface area contributed by atoms with Crippen LogP contribution in [-0.4, -0.2) is 38.2 Å². The number of hydrogen-bond acceptors (Lipinski definition) is 4. The second kappa shape index (κ2) is 8.01. The third-order valence-electron chi connectivity index (χ3n) is 3.34. The molecule has 2 aromatic heterocycles. The Labute approximate surface area is 139 Å². The third kappa shape index (κ3) is 4.99. The van der Waals surface area contributed by atoms with Crippen LogP contribution < -0.4 is 5.32 Å². The van der Waals surface area contributed by atoms with Crippen LogP contribution in [-0.2, 0) is 15.3 Å². The van der Waals surface area contributed by atoms with Gasteiger partial charge in [-0.05, 0) is 25.0 Å². The minimum atomic E-state index is -0.985. The molecule has 0 saturated heterocycles. The number of rotatable bonds is 8. The Hall–Kier alpha value is -2.02. The maximum absolute atomic E-state index is 11.8. The van der Waals surface area contributed by atoms with Gasteiger partial charge in [-0.25, -0.2) is 9.78 Å². The summed E-state index contributed by atoms with van der Waals surface area (Å²) < 4.78 is 1.97. The molecule has 0 aliphatic carbocycles. The second-order valence-corrected chi connectivity index (χ2v) is 6.43. The lowest BCUT2D eigenvalue weighted by atomic mass is 10.2. The van der Waals surface area contributed by atoms with Crippen LogP contribution in [0.1, 0.15) is 31.0 Å². The van der Waals surface area contributed by atoms with Gasteiger partial charge < -0.3 is 14.8 Å². The first-order chi connectivity index (χ1) is 11.0. The summed E-state index contributed by atoms with van der Waals surface area (Å²) in [7, 11) is 0. The molecule has 1 amide bonds. The van der Waals surface area contributed by atoms with Crippen molar-refractivity contribution in [1.29, 1.82) is 0 Å². The summed E-state index contributed by atoms with van der Waals surface area (Å²) in [6, 6.07) is 3.16. The van der Waals surface area contributed by atoms with E-state index in [-0.39, 0.29) is 11.7 Å². The zero-order valence-corrected chi connectivity index (χ0v) is 14.1. The maximum Gasteiger partial charge on any atom is 0.326 e. The van der Waals surface area contributed by atoms with Crippen LogP contribution in [0.15, 0.2) is 24.5 Å². The van der Waals surface area contributed by atoms with E-state index in [0.29, 0.717) is 18.6 Å². The maximum atomic E-state index is 11.8. The standard InChI is InChI=1S/C16H21N3O3S/c1-3-4-13(16(21)22)18-15(20)10-23-9-12-8-19-7-11(2)5-6-14(19)17-12/h5-8,13H,3-4,9-10H2,1-2H3,(H,18,20)(H,21,22). The van der Waals surface area contributed by atoms with Crippen molar-refractivity contribution in [2.75, 3.05) is 5.75 Å². The first-order valence-electron chi connectivity index (χ1n) is 7.53. The SMILES string of the molecule is CCCC(NC(=O)CSCc1cn2cc(C)ccc2n1)C(=O)O. The highest BCUT2D eigenvalue weighted by molar-refractivity contribution is 7.99. The Kier molecular flexibility index (Phi) is 6.04. The van der Waals surface area contributed by atoms with E-state index >= 15 is 0 Å². The molecule has 0 bridgehead atoms. The quantitative estimate of drug-likeness (QED) is 0.773. The zero-order chi connectivity index (χ0) is 16.8. The van der Waals surface area contributed by atoms with Gasteiger partial charge in [0.05, 0.1) is 11.4 Å². The molecule has 1 atom stereocenters. The van der Waals surface area contributed by atoms with E-state index in [1.54, 1.807) is 0 Å². The summed E-state index contributed by atoms with van der Waals surface area (Å²) >= 11 is 1.42. The fourth-order valence-corrected chi connectivity index (χ4v) is 2.97. The number of pyridine rings is 1. The van der Waals surface area contributed by atoms with Crippen LogP contribution >= 0.6 is 11.8 Å². The molecule has 2 rings (SSSR count). The normalized spacial score (nSPS) is 12.3. The van der Waals surface area contributed by atoms with Crippen LogP contribution in [0.2, 0.25) is 0 Å². The third-order valence-corrected chi connectivity index (χ3v) is 4.31. The highest BCUT2D eigenvalue weighted by Crippen LogP contribution is 2.13. The van der Waals surface area contributed by atoms with Crippen LogP contribution in [0.4, 0.5) is 0 Å². The second-order valence-electron chi connectivity index (χ2n) is 5.44. The number of imidazole rings is 1. The number of carboxylic acids is 1. The number of carboxylic acid groups (broad SMARTS) is 1. The highest BCUT2D eigenvalue weighted by Gasteiger charge is 2.18. The van der Waals surface area contributed by atoms with Crippen molar-refractivity contribution in [3.63, 3.8) is 0 Å². The van der Waals surface area contributed by atoms with Crippen LogP contribution in [0, 0.1) is 6.92 Å². The fourth-order valence-electron chi connectivity index (χ4n) is 2.26. The lowest BCUT2D eigenvalue weighted by Gasteiger charge is -2.13. The molecule has 2 heterocycles. The van der Waals surface area contributed by atoms with Gasteiger partial charge in [-0.2, -0.15) is 0 Å². The Morgan fingerprint density at radius 2 is 2.17 bits per heavy atom. The number of aryl methyl sites for hydroxylation is 1. The number of aliphatic carboxylic acids is 1. The van der Waals surface area contributed by atoms with Crippen LogP contribution in [0.5, 0.6) is 0 Å². The van der Waals surface area contributed by atoms with Gasteiger partial charge in [0.1, 0.15) is 11.7 Å². The number of carbonyl (C=O) groups is 2. The lowest BCUT2D eigenvalue weighted by Crippen LogP contribution is -2.41. The number of carbonyl (C=O) groups excluding carboxylic acids is 1. The molecule has 23 heavy (non-hydrogen) atoms. The average molecular weight is 335 g/mol. The molecule has 0 aliphatic rings. The minimum Gasteiger partial charge on any atom is -0.480 e. The largest absolute Gasteiger partial charge is 0.480 e. The van der Waals surface area contributed by atoms with Crippen molar-refractivity contribution >= 4 is 29.3 Å². The molecule has 2 aromatic rings. The molecule has 0 aliphatic heterocycles. The van der Waals surface area contributed by atoms with Gasteiger partial charge in [-0.1, -0.05) is 19.4 Å². The molecule has 0 fully saturated rings. The monoisotopic (exact) mass is 335 g/mol. The Morgan fingerprint density at radius 3 is 2.87 bits per heavy atom. The fraction of sp³-hybridized carbons (Fsp3) is 0.438. The first kappa shape index (κ1) is 17.3. The van der Waals surface area contributed by atoms with Crippen LogP contribution in [0.25, 0.3) is 5.65 Å². The molecule has 0 radical (unpaired) electrons. The van der Waals surface area contributed by atoms with Crippen molar-refractivity contribution in [1.82, 2.24) is 14.7 Å². The number of aromatic nitrogens is 2. The van der Waals surface area contributed by atoms with Crippen LogP contribution in [0.3, 0.4) is 0 Å². The molecule has 2 N–H and O–H groups in total. The summed E-state index contributed by atoms with van der Waals surface area (Å²) in [5, 5.41) is 11.6. The molecule has 0 aromatic carbocycles. The zero-order valence-electron chi connectivity index (χ0n) is 13.3. The number of nitrogens with one attached hydrogen (secondary N) is 1. The van der Waals surface area contributed by atoms with Gasteiger partial charge in [-0.3, -0.25) is 4.79 Å². The van der Waals surface area contributed by atoms with Crippen molar-refractivity contribution in [3.05, 3.63) is 35.8 Å². The van der Waals surface area contributed by atoms with Crippen molar-refractivity contribution < 1.29 is 14.7 Å². The molecular formula is C16H21N3O3S. The molecule has 1 unspecified atom stereocenters. The molecular weight excluding hydrogens is 314 g/mol.